The topological polar surface area (TPSA) is 87.9 Å². The van der Waals surface area contributed by atoms with Gasteiger partial charge in [0.1, 0.15) is 5.54 Å². The minimum absolute atomic E-state index is 0.0781. The molecule has 0 unspecified atom stereocenters. The normalized spacial score (nSPS) is 15.5. The molecule has 4 rings (SSSR count). The highest BCUT2D eigenvalue weighted by Crippen LogP contribution is 2.33. The second kappa shape index (κ2) is 8.76. The third kappa shape index (κ3) is 3.85. The van der Waals surface area contributed by atoms with E-state index in [0.717, 1.165) is 37.8 Å². The Balaban J connectivity index is 1.57. The van der Waals surface area contributed by atoms with Crippen molar-refractivity contribution in [1.29, 1.82) is 5.26 Å². The molecule has 2 heterocycles. The summed E-state index contributed by atoms with van der Waals surface area (Å²) in [6.45, 7) is 0. The standard InChI is InChI=1S/C22H23N5O2S/c1-26(22(16-23)12-6-3-7-13-22)19(28)15-30-21-25-24-20(18-11-8-14-29-18)27(21)17-9-4-2-5-10-17/h2,4-5,8-11,14H,3,6-7,12-13,15H2,1H3. The minimum Gasteiger partial charge on any atom is -0.461 e. The van der Waals surface area contributed by atoms with E-state index in [2.05, 4.69) is 16.3 Å². The maximum atomic E-state index is 12.9. The summed E-state index contributed by atoms with van der Waals surface area (Å²) < 4.78 is 7.41. The molecule has 0 saturated heterocycles. The Labute approximate surface area is 179 Å². The van der Waals surface area contributed by atoms with Gasteiger partial charge < -0.3 is 9.32 Å². The van der Waals surface area contributed by atoms with E-state index in [1.54, 1.807) is 24.3 Å². The summed E-state index contributed by atoms with van der Waals surface area (Å²) in [4.78, 5) is 14.6. The lowest BCUT2D eigenvalue weighted by Gasteiger charge is -2.39. The zero-order valence-corrected chi connectivity index (χ0v) is 17.6. The molecule has 2 aromatic heterocycles. The maximum Gasteiger partial charge on any atom is 0.234 e. The Morgan fingerprint density at radius 3 is 2.63 bits per heavy atom. The van der Waals surface area contributed by atoms with Crippen LogP contribution >= 0.6 is 11.8 Å². The Morgan fingerprint density at radius 1 is 1.20 bits per heavy atom. The van der Waals surface area contributed by atoms with E-state index in [-0.39, 0.29) is 11.7 Å². The quantitative estimate of drug-likeness (QED) is 0.551. The second-order valence-corrected chi connectivity index (χ2v) is 8.34. The molecule has 1 amide bonds. The number of hydrogen-bond donors (Lipinski definition) is 0. The van der Waals surface area contributed by atoms with Gasteiger partial charge in [-0.05, 0) is 37.1 Å². The van der Waals surface area contributed by atoms with Gasteiger partial charge in [-0.15, -0.1) is 10.2 Å². The lowest BCUT2D eigenvalue weighted by Crippen LogP contribution is -2.50. The third-order valence-electron chi connectivity index (χ3n) is 5.62. The third-order valence-corrected chi connectivity index (χ3v) is 6.53. The van der Waals surface area contributed by atoms with E-state index in [4.69, 9.17) is 4.42 Å². The van der Waals surface area contributed by atoms with Crippen molar-refractivity contribution >= 4 is 17.7 Å². The molecule has 0 spiro atoms. The summed E-state index contributed by atoms with van der Waals surface area (Å²) in [5, 5.41) is 19.0. The first-order valence-corrected chi connectivity index (χ1v) is 11.0. The van der Waals surface area contributed by atoms with Crippen LogP contribution in [0.25, 0.3) is 17.3 Å². The van der Waals surface area contributed by atoms with Gasteiger partial charge in [0.25, 0.3) is 0 Å². The highest BCUT2D eigenvalue weighted by Gasteiger charge is 2.38. The van der Waals surface area contributed by atoms with Crippen molar-refractivity contribution in [3.05, 3.63) is 48.7 Å². The van der Waals surface area contributed by atoms with E-state index >= 15 is 0 Å². The molecule has 1 fully saturated rings. The number of aromatic nitrogens is 3. The van der Waals surface area contributed by atoms with Crippen LogP contribution in [0.5, 0.6) is 0 Å². The number of hydrogen-bond acceptors (Lipinski definition) is 6. The molecule has 7 nitrogen and oxygen atoms in total. The van der Waals surface area contributed by atoms with Crippen molar-refractivity contribution < 1.29 is 9.21 Å². The summed E-state index contributed by atoms with van der Waals surface area (Å²) in [5.41, 5.74) is 0.195. The summed E-state index contributed by atoms with van der Waals surface area (Å²) >= 11 is 1.32. The van der Waals surface area contributed by atoms with Gasteiger partial charge in [-0.1, -0.05) is 49.2 Å². The fourth-order valence-corrected chi connectivity index (χ4v) is 4.73. The SMILES string of the molecule is CN(C(=O)CSc1nnc(-c2ccco2)n1-c1ccccc1)C1(C#N)CCCCC1. The number of carbonyl (C=O) groups excluding carboxylic acids is 1. The zero-order chi connectivity index (χ0) is 21.0. The lowest BCUT2D eigenvalue weighted by atomic mass is 9.81. The fraction of sp³-hybridized carbons (Fsp3) is 0.364. The highest BCUT2D eigenvalue weighted by molar-refractivity contribution is 7.99. The Kier molecular flexibility index (Phi) is 5.91. The summed E-state index contributed by atoms with van der Waals surface area (Å²) in [6, 6.07) is 15.8. The molecule has 0 N–H and O–H groups in total. The molecule has 0 atom stereocenters. The van der Waals surface area contributed by atoms with Crippen LogP contribution < -0.4 is 0 Å². The van der Waals surface area contributed by atoms with Crippen LogP contribution in [0.15, 0.2) is 58.3 Å². The molecular weight excluding hydrogens is 398 g/mol. The Hall–Kier alpha value is -3.05. The fourth-order valence-electron chi connectivity index (χ4n) is 3.86. The van der Waals surface area contributed by atoms with E-state index in [1.165, 1.54) is 11.8 Å². The molecular formula is C22H23N5O2S. The van der Waals surface area contributed by atoms with E-state index in [1.807, 2.05) is 41.0 Å². The van der Waals surface area contributed by atoms with Gasteiger partial charge in [-0.3, -0.25) is 9.36 Å². The summed E-state index contributed by atoms with van der Waals surface area (Å²) in [6.07, 6.45) is 6.14. The highest BCUT2D eigenvalue weighted by atomic mass is 32.2. The molecule has 0 bridgehead atoms. The van der Waals surface area contributed by atoms with Crippen LogP contribution in [0.3, 0.4) is 0 Å². The average molecular weight is 422 g/mol. The second-order valence-electron chi connectivity index (χ2n) is 7.40. The minimum atomic E-state index is -0.692. The Morgan fingerprint density at radius 2 is 1.97 bits per heavy atom. The van der Waals surface area contributed by atoms with Crippen LogP contribution in [-0.4, -0.2) is 43.9 Å². The first kappa shape index (κ1) is 20.2. The van der Waals surface area contributed by atoms with Crippen LogP contribution in [-0.2, 0) is 4.79 Å². The molecule has 30 heavy (non-hydrogen) atoms. The van der Waals surface area contributed by atoms with Gasteiger partial charge in [-0.25, -0.2) is 0 Å². The maximum absolute atomic E-state index is 12.9. The zero-order valence-electron chi connectivity index (χ0n) is 16.8. The van der Waals surface area contributed by atoms with Crippen molar-refractivity contribution in [1.82, 2.24) is 19.7 Å². The number of nitriles is 1. The number of nitrogens with zero attached hydrogens (tertiary/aromatic N) is 5. The van der Waals surface area contributed by atoms with Gasteiger partial charge in [0.05, 0.1) is 18.1 Å². The van der Waals surface area contributed by atoms with Crippen molar-refractivity contribution in [2.24, 2.45) is 0 Å². The van der Waals surface area contributed by atoms with Gasteiger partial charge in [0, 0.05) is 12.7 Å². The molecule has 0 radical (unpaired) electrons. The number of amides is 1. The van der Waals surface area contributed by atoms with Crippen molar-refractivity contribution in [2.45, 2.75) is 42.8 Å². The number of furan rings is 1. The monoisotopic (exact) mass is 421 g/mol. The number of benzene rings is 1. The number of carbonyl (C=O) groups is 1. The number of rotatable bonds is 6. The molecule has 3 aromatic rings. The first-order valence-electron chi connectivity index (χ1n) is 10.00. The molecule has 8 heteroatoms. The van der Waals surface area contributed by atoms with E-state index in [9.17, 15) is 10.1 Å². The molecule has 1 aliphatic rings. The van der Waals surface area contributed by atoms with Crippen LogP contribution in [0, 0.1) is 11.3 Å². The summed E-state index contributed by atoms with van der Waals surface area (Å²) in [5.74, 6) is 1.29. The van der Waals surface area contributed by atoms with Crippen LogP contribution in [0.2, 0.25) is 0 Å². The lowest BCUT2D eigenvalue weighted by molar-refractivity contribution is -0.131. The summed E-state index contributed by atoms with van der Waals surface area (Å²) in [7, 11) is 1.74. The molecule has 1 saturated carbocycles. The van der Waals surface area contributed by atoms with Gasteiger partial charge in [0.15, 0.2) is 10.9 Å². The molecule has 1 aliphatic carbocycles. The van der Waals surface area contributed by atoms with E-state index < -0.39 is 5.54 Å². The Bertz CT molecular complexity index is 1030. The number of thioether (sulfide) groups is 1. The van der Waals surface area contributed by atoms with Crippen molar-refractivity contribution in [3.8, 4) is 23.3 Å². The van der Waals surface area contributed by atoms with Gasteiger partial charge in [0.2, 0.25) is 11.7 Å². The average Bonchev–Trinajstić information content (AvgIpc) is 3.47. The number of para-hydroxylation sites is 1. The predicted molar refractivity (Wildman–Crippen MR) is 114 cm³/mol. The van der Waals surface area contributed by atoms with Crippen molar-refractivity contribution in [2.75, 3.05) is 12.8 Å². The molecule has 154 valence electrons. The van der Waals surface area contributed by atoms with Crippen LogP contribution in [0.1, 0.15) is 32.1 Å². The van der Waals surface area contributed by atoms with Gasteiger partial charge >= 0.3 is 0 Å². The van der Waals surface area contributed by atoms with Gasteiger partial charge in [-0.2, -0.15) is 5.26 Å². The van der Waals surface area contributed by atoms with E-state index in [0.29, 0.717) is 16.7 Å². The first-order chi connectivity index (χ1) is 14.6. The largest absolute Gasteiger partial charge is 0.461 e. The smallest absolute Gasteiger partial charge is 0.234 e. The molecule has 0 aliphatic heterocycles. The van der Waals surface area contributed by atoms with Crippen molar-refractivity contribution in [3.63, 3.8) is 0 Å². The molecule has 1 aromatic carbocycles. The predicted octanol–water partition coefficient (Wildman–Crippen LogP) is 4.30. The van der Waals surface area contributed by atoms with Crippen LogP contribution in [0.4, 0.5) is 0 Å².